The minimum Gasteiger partial charge on any atom is -0.337 e. The van der Waals surface area contributed by atoms with Crippen molar-refractivity contribution in [3.05, 3.63) is 30.3 Å². The van der Waals surface area contributed by atoms with E-state index >= 15 is 0 Å². The average molecular weight is 357 g/mol. The topological polar surface area (TPSA) is 83.6 Å². The molecule has 0 saturated heterocycles. The van der Waals surface area contributed by atoms with Crippen molar-refractivity contribution in [1.29, 1.82) is 5.26 Å². The van der Waals surface area contributed by atoms with Crippen LogP contribution in [0.25, 0.3) is 11.4 Å². The van der Waals surface area contributed by atoms with E-state index in [1.807, 2.05) is 55.7 Å². The van der Waals surface area contributed by atoms with Gasteiger partial charge in [0.15, 0.2) is 11.0 Å². The molecule has 6 nitrogen and oxygen atoms in total. The van der Waals surface area contributed by atoms with Gasteiger partial charge in [0.05, 0.1) is 11.8 Å². The maximum atomic E-state index is 12.2. The largest absolute Gasteiger partial charge is 0.337 e. The molecule has 0 aliphatic rings. The van der Waals surface area contributed by atoms with Crippen molar-refractivity contribution in [2.45, 2.75) is 44.9 Å². The molecule has 0 radical (unpaired) electrons. The molecule has 7 heteroatoms. The van der Waals surface area contributed by atoms with E-state index in [1.54, 1.807) is 6.92 Å². The standard InChI is InChI=1S/C18H23N5OS/c1-5-23-16(14-9-7-6-8-10-14)21-22-17(23)25-11-15(24)20-18(4,12-19)13(2)3/h6-10,13H,5,11H2,1-4H3,(H,20,24). The van der Waals surface area contributed by atoms with Crippen molar-refractivity contribution in [3.8, 4) is 17.5 Å². The Morgan fingerprint density at radius 1 is 1.36 bits per heavy atom. The van der Waals surface area contributed by atoms with E-state index in [9.17, 15) is 10.1 Å². The highest BCUT2D eigenvalue weighted by Crippen LogP contribution is 2.24. The monoisotopic (exact) mass is 357 g/mol. The van der Waals surface area contributed by atoms with Gasteiger partial charge in [0.25, 0.3) is 0 Å². The average Bonchev–Trinajstić information content (AvgIpc) is 3.03. The fraction of sp³-hybridized carbons (Fsp3) is 0.444. The van der Waals surface area contributed by atoms with Crippen molar-refractivity contribution in [2.24, 2.45) is 5.92 Å². The van der Waals surface area contributed by atoms with E-state index in [2.05, 4.69) is 21.6 Å². The Labute approximate surface area is 152 Å². The summed E-state index contributed by atoms with van der Waals surface area (Å²) < 4.78 is 1.99. The highest BCUT2D eigenvalue weighted by Gasteiger charge is 2.30. The molecule has 0 bridgehead atoms. The quantitative estimate of drug-likeness (QED) is 0.770. The Balaban J connectivity index is 2.08. The summed E-state index contributed by atoms with van der Waals surface area (Å²) in [6.45, 7) is 8.30. The number of hydrogen-bond donors (Lipinski definition) is 1. The number of nitrogens with zero attached hydrogens (tertiary/aromatic N) is 4. The zero-order valence-electron chi connectivity index (χ0n) is 15.0. The molecule has 1 amide bonds. The first kappa shape index (κ1) is 19.0. The predicted octanol–water partition coefficient (Wildman–Crippen LogP) is 3.11. The summed E-state index contributed by atoms with van der Waals surface area (Å²) in [6, 6.07) is 12.0. The number of amides is 1. The number of rotatable bonds is 7. The molecule has 1 aromatic heterocycles. The smallest absolute Gasteiger partial charge is 0.231 e. The molecule has 1 heterocycles. The minimum absolute atomic E-state index is 0.0235. The first-order valence-electron chi connectivity index (χ1n) is 8.25. The van der Waals surface area contributed by atoms with Gasteiger partial charge >= 0.3 is 0 Å². The number of nitrogens with one attached hydrogen (secondary N) is 1. The molecular weight excluding hydrogens is 334 g/mol. The molecule has 0 fully saturated rings. The van der Waals surface area contributed by atoms with Crippen molar-refractivity contribution in [3.63, 3.8) is 0 Å². The van der Waals surface area contributed by atoms with Gasteiger partial charge in [0.2, 0.25) is 5.91 Å². The second-order valence-corrected chi connectivity index (χ2v) is 7.16. The van der Waals surface area contributed by atoms with Crippen LogP contribution in [0.2, 0.25) is 0 Å². The Kier molecular flexibility index (Phi) is 6.21. The van der Waals surface area contributed by atoms with Gasteiger partial charge in [-0.25, -0.2) is 0 Å². The molecule has 1 unspecified atom stereocenters. The van der Waals surface area contributed by atoms with Crippen molar-refractivity contribution >= 4 is 17.7 Å². The van der Waals surface area contributed by atoms with Crippen molar-refractivity contribution in [2.75, 3.05) is 5.75 Å². The molecule has 1 atom stereocenters. The van der Waals surface area contributed by atoms with Gasteiger partial charge in [-0.2, -0.15) is 5.26 Å². The maximum absolute atomic E-state index is 12.2. The number of carbonyl (C=O) groups is 1. The molecular formula is C18H23N5OS. The summed E-state index contributed by atoms with van der Waals surface area (Å²) in [6.07, 6.45) is 0. The van der Waals surface area contributed by atoms with Crippen LogP contribution in [-0.2, 0) is 11.3 Å². The van der Waals surface area contributed by atoms with Gasteiger partial charge in [-0.3, -0.25) is 4.79 Å². The van der Waals surface area contributed by atoms with Crippen LogP contribution in [-0.4, -0.2) is 32.0 Å². The summed E-state index contributed by atoms with van der Waals surface area (Å²) in [4.78, 5) is 12.2. The molecule has 0 spiro atoms. The van der Waals surface area contributed by atoms with Crippen LogP contribution in [0.15, 0.2) is 35.5 Å². The zero-order valence-corrected chi connectivity index (χ0v) is 15.8. The summed E-state index contributed by atoms with van der Waals surface area (Å²) in [7, 11) is 0. The highest BCUT2D eigenvalue weighted by molar-refractivity contribution is 7.99. The SMILES string of the molecule is CCn1c(SCC(=O)NC(C)(C#N)C(C)C)nnc1-c1ccccc1. The lowest BCUT2D eigenvalue weighted by Gasteiger charge is -2.27. The molecule has 2 rings (SSSR count). The Morgan fingerprint density at radius 3 is 2.60 bits per heavy atom. The van der Waals surface area contributed by atoms with Gasteiger partial charge in [-0.05, 0) is 19.8 Å². The van der Waals surface area contributed by atoms with Crippen LogP contribution >= 0.6 is 11.8 Å². The van der Waals surface area contributed by atoms with E-state index < -0.39 is 5.54 Å². The molecule has 132 valence electrons. The lowest BCUT2D eigenvalue weighted by molar-refractivity contribution is -0.120. The van der Waals surface area contributed by atoms with Crippen molar-refractivity contribution < 1.29 is 4.79 Å². The molecule has 0 saturated carbocycles. The summed E-state index contributed by atoms with van der Waals surface area (Å²) in [5.74, 6) is 0.817. The molecule has 2 aromatic rings. The number of benzene rings is 1. The Hall–Kier alpha value is -2.33. The summed E-state index contributed by atoms with van der Waals surface area (Å²) in [5, 5.41) is 21.3. The maximum Gasteiger partial charge on any atom is 0.231 e. The van der Waals surface area contributed by atoms with Gasteiger partial charge in [-0.15, -0.1) is 10.2 Å². The lowest BCUT2D eigenvalue weighted by atomic mass is 9.90. The van der Waals surface area contributed by atoms with E-state index in [4.69, 9.17) is 0 Å². The number of hydrogen-bond acceptors (Lipinski definition) is 5. The molecule has 0 aliphatic carbocycles. The second-order valence-electron chi connectivity index (χ2n) is 6.22. The normalized spacial score (nSPS) is 13.3. The fourth-order valence-electron chi connectivity index (χ4n) is 2.24. The zero-order chi connectivity index (χ0) is 18.4. The molecule has 25 heavy (non-hydrogen) atoms. The third-order valence-corrected chi connectivity index (χ3v) is 5.15. The fourth-order valence-corrected chi connectivity index (χ4v) is 3.04. The first-order valence-corrected chi connectivity index (χ1v) is 9.23. The minimum atomic E-state index is -0.870. The van der Waals surface area contributed by atoms with Crippen LogP contribution in [0.4, 0.5) is 0 Å². The van der Waals surface area contributed by atoms with Crippen molar-refractivity contribution in [1.82, 2.24) is 20.1 Å². The number of nitriles is 1. The summed E-state index contributed by atoms with van der Waals surface area (Å²) in [5.41, 5.74) is 0.121. The van der Waals surface area contributed by atoms with Crippen LogP contribution in [0.1, 0.15) is 27.7 Å². The summed E-state index contributed by atoms with van der Waals surface area (Å²) >= 11 is 1.33. The predicted molar refractivity (Wildman–Crippen MR) is 98.9 cm³/mol. The highest BCUT2D eigenvalue weighted by atomic mass is 32.2. The molecule has 0 aliphatic heterocycles. The second kappa shape index (κ2) is 8.17. The number of carbonyl (C=O) groups excluding carboxylic acids is 1. The van der Waals surface area contributed by atoms with Gasteiger partial charge in [-0.1, -0.05) is 55.9 Å². The van der Waals surface area contributed by atoms with E-state index in [-0.39, 0.29) is 17.6 Å². The van der Waals surface area contributed by atoms with Gasteiger partial charge in [0.1, 0.15) is 5.54 Å². The van der Waals surface area contributed by atoms with E-state index in [0.29, 0.717) is 11.7 Å². The van der Waals surface area contributed by atoms with E-state index in [0.717, 1.165) is 11.4 Å². The van der Waals surface area contributed by atoms with Gasteiger partial charge in [0, 0.05) is 12.1 Å². The Bertz CT molecular complexity index is 766. The molecule has 1 aromatic carbocycles. The van der Waals surface area contributed by atoms with Crippen LogP contribution < -0.4 is 5.32 Å². The third kappa shape index (κ3) is 4.40. The van der Waals surface area contributed by atoms with Crippen LogP contribution in [0.3, 0.4) is 0 Å². The number of aromatic nitrogens is 3. The van der Waals surface area contributed by atoms with Gasteiger partial charge < -0.3 is 9.88 Å². The molecule has 1 N–H and O–H groups in total. The lowest BCUT2D eigenvalue weighted by Crippen LogP contribution is -2.49. The van der Waals surface area contributed by atoms with E-state index in [1.165, 1.54) is 11.8 Å². The van der Waals surface area contributed by atoms with Crippen LogP contribution in [0, 0.1) is 17.2 Å². The third-order valence-electron chi connectivity index (χ3n) is 4.18. The van der Waals surface area contributed by atoms with Crippen LogP contribution in [0.5, 0.6) is 0 Å². The Morgan fingerprint density at radius 2 is 2.04 bits per heavy atom. The first-order chi connectivity index (χ1) is 11.9. The number of thioether (sulfide) groups is 1.